The molecule has 4 N–H and O–H groups in total. The van der Waals surface area contributed by atoms with E-state index in [2.05, 4.69) is 10.6 Å². The minimum Gasteiger partial charge on any atom is -0.481 e. The van der Waals surface area contributed by atoms with Crippen molar-refractivity contribution < 1.29 is 55.7 Å². The van der Waals surface area contributed by atoms with Gasteiger partial charge in [-0.2, -0.15) is 26.3 Å². The normalized spacial score (nSPS) is 21.1. The summed E-state index contributed by atoms with van der Waals surface area (Å²) in [6.07, 6.45) is -4.75. The number of allylic oxidation sites excluding steroid dienone is 4. The van der Waals surface area contributed by atoms with Crippen molar-refractivity contribution in [3.8, 4) is 0 Å². The number of alkyl halides is 6. The minimum absolute atomic E-state index is 0.0497. The molecule has 0 aromatic heterocycles. The third kappa shape index (κ3) is 9.99. The van der Waals surface area contributed by atoms with Crippen molar-refractivity contribution in [2.24, 2.45) is 23.7 Å². The summed E-state index contributed by atoms with van der Waals surface area (Å²) < 4.78 is 76.6. The van der Waals surface area contributed by atoms with Crippen LogP contribution in [0, 0.1) is 23.7 Å². The second-order valence-corrected chi connectivity index (χ2v) is 12.3. The number of halogens is 8. The predicted molar refractivity (Wildman–Crippen MR) is 165 cm³/mol. The fraction of sp³-hybridized carbons (Fsp3) is 0.375. The van der Waals surface area contributed by atoms with E-state index in [1.165, 1.54) is 0 Å². The maximum Gasteiger partial charge on any atom is 0.416 e. The number of hydrogen-bond acceptors (Lipinski definition) is 4. The number of hydrogen-bond donors (Lipinski definition) is 4. The molecule has 0 fully saturated rings. The Bertz CT molecular complexity index is 1640. The summed E-state index contributed by atoms with van der Waals surface area (Å²) in [6.45, 7) is 3.54. The summed E-state index contributed by atoms with van der Waals surface area (Å²) in [5, 5.41) is 23.1. The Kier molecular flexibility index (Phi) is 12.4. The van der Waals surface area contributed by atoms with Crippen molar-refractivity contribution in [3.63, 3.8) is 0 Å². The Morgan fingerprint density at radius 1 is 0.646 bits per heavy atom. The zero-order valence-electron chi connectivity index (χ0n) is 25.3. The molecule has 0 bridgehead atoms. The average molecular weight is 723 g/mol. The van der Waals surface area contributed by atoms with E-state index < -0.39 is 70.9 Å². The molecule has 2 aliphatic rings. The van der Waals surface area contributed by atoms with Gasteiger partial charge in [-0.1, -0.05) is 46.5 Å². The predicted octanol–water partition coefficient (Wildman–Crippen LogP) is 8.71. The quantitative estimate of drug-likeness (QED) is 0.174. The number of carboxylic acid groups (broad SMARTS) is 2. The van der Waals surface area contributed by atoms with Crippen LogP contribution in [0.3, 0.4) is 0 Å². The van der Waals surface area contributed by atoms with Crippen LogP contribution in [0.5, 0.6) is 0 Å². The molecular weight excluding hydrogens is 693 g/mol. The van der Waals surface area contributed by atoms with E-state index >= 15 is 0 Å². The number of carbonyl (C=O) groups excluding carboxylic acids is 2. The van der Waals surface area contributed by atoms with E-state index in [0.717, 1.165) is 47.5 Å². The van der Waals surface area contributed by atoms with Gasteiger partial charge in [0.15, 0.2) is 0 Å². The fourth-order valence-electron chi connectivity index (χ4n) is 5.27. The van der Waals surface area contributed by atoms with Gasteiger partial charge in [0.05, 0.1) is 56.2 Å². The van der Waals surface area contributed by atoms with Gasteiger partial charge in [-0.05, 0) is 75.9 Å². The summed E-state index contributed by atoms with van der Waals surface area (Å²) in [7, 11) is 0. The zero-order chi connectivity index (χ0) is 36.1. The molecule has 0 heterocycles. The first-order valence-corrected chi connectivity index (χ1v) is 15.1. The lowest BCUT2D eigenvalue weighted by atomic mass is 9.79. The van der Waals surface area contributed by atoms with E-state index in [1.54, 1.807) is 26.0 Å². The summed E-state index contributed by atoms with van der Waals surface area (Å²) in [6, 6.07) is 5.18. The van der Waals surface area contributed by atoms with Crippen LogP contribution < -0.4 is 10.6 Å². The molecule has 0 radical (unpaired) electrons. The van der Waals surface area contributed by atoms with Crippen LogP contribution in [0.4, 0.5) is 37.7 Å². The number of aliphatic carboxylic acids is 2. The number of carboxylic acids is 2. The molecule has 4 rings (SSSR count). The van der Waals surface area contributed by atoms with Gasteiger partial charge in [-0.3, -0.25) is 19.2 Å². The van der Waals surface area contributed by atoms with Crippen LogP contribution in [-0.4, -0.2) is 34.0 Å². The third-order valence-electron chi connectivity index (χ3n) is 7.91. The third-order valence-corrected chi connectivity index (χ3v) is 8.57. The van der Waals surface area contributed by atoms with Crippen LogP contribution in [0.15, 0.2) is 59.7 Å². The highest BCUT2D eigenvalue weighted by Gasteiger charge is 2.38. The van der Waals surface area contributed by atoms with E-state index in [0.29, 0.717) is 0 Å². The molecule has 2 aliphatic carbocycles. The lowest BCUT2D eigenvalue weighted by molar-refractivity contribution is -0.146. The Hall–Kier alpha value is -4.04. The maximum atomic E-state index is 12.8. The molecular formula is C32H30Cl2F6N2O6. The van der Waals surface area contributed by atoms with Gasteiger partial charge in [0.2, 0.25) is 11.8 Å². The van der Waals surface area contributed by atoms with Crippen LogP contribution >= 0.6 is 23.2 Å². The summed E-state index contributed by atoms with van der Waals surface area (Å²) >= 11 is 11.7. The number of anilines is 2. The second kappa shape index (κ2) is 15.5. The number of nitrogens with one attached hydrogen (secondary N) is 2. The van der Waals surface area contributed by atoms with Crippen molar-refractivity contribution in [1.82, 2.24) is 0 Å². The van der Waals surface area contributed by atoms with Crippen LogP contribution in [-0.2, 0) is 31.5 Å². The van der Waals surface area contributed by atoms with Gasteiger partial charge >= 0.3 is 24.3 Å². The zero-order valence-corrected chi connectivity index (χ0v) is 26.8. The fourth-order valence-corrected chi connectivity index (χ4v) is 5.60. The number of amides is 2. The smallest absolute Gasteiger partial charge is 0.416 e. The standard InChI is InChI=1S/2C16H15ClF3NO3/c1-8-2-4-10(15(23)24)11(6-8)14(22)21-13-7-9(16(18,19)20)3-5-12(13)17;1-8-2-4-10(11(6-8)15(23)24)14(22)21-13-7-9(16(18,19)20)3-5-12(13)17/h2*2-3,5,7,10-11H,4,6H2,1H3,(H,21,22)(H,23,24). The van der Waals surface area contributed by atoms with Crippen molar-refractivity contribution in [2.75, 3.05) is 10.6 Å². The minimum atomic E-state index is -4.57. The van der Waals surface area contributed by atoms with E-state index in [-0.39, 0.29) is 47.1 Å². The van der Waals surface area contributed by atoms with E-state index in [9.17, 15) is 55.7 Å². The molecule has 4 atom stereocenters. The molecule has 8 nitrogen and oxygen atoms in total. The van der Waals surface area contributed by atoms with Gasteiger partial charge in [0.25, 0.3) is 0 Å². The monoisotopic (exact) mass is 722 g/mol. The molecule has 2 aromatic carbocycles. The van der Waals surface area contributed by atoms with E-state index in [4.69, 9.17) is 23.2 Å². The van der Waals surface area contributed by atoms with Crippen LogP contribution in [0.2, 0.25) is 10.0 Å². The lowest BCUT2D eigenvalue weighted by Gasteiger charge is -2.27. The van der Waals surface area contributed by atoms with Crippen LogP contribution in [0.1, 0.15) is 50.7 Å². The number of rotatable bonds is 6. The number of benzene rings is 2. The molecule has 16 heteroatoms. The molecule has 0 saturated heterocycles. The Morgan fingerprint density at radius 3 is 1.42 bits per heavy atom. The van der Waals surface area contributed by atoms with Crippen molar-refractivity contribution in [3.05, 3.63) is 80.9 Å². The second-order valence-electron chi connectivity index (χ2n) is 11.4. The van der Waals surface area contributed by atoms with Gasteiger partial charge < -0.3 is 20.8 Å². The average Bonchev–Trinajstić information content (AvgIpc) is 2.98. The number of carbonyl (C=O) groups is 4. The molecule has 0 aliphatic heterocycles. The maximum absolute atomic E-state index is 12.8. The van der Waals surface area contributed by atoms with Crippen molar-refractivity contribution >= 4 is 58.3 Å². The molecule has 4 unspecified atom stereocenters. The van der Waals surface area contributed by atoms with Gasteiger partial charge in [-0.25, -0.2) is 0 Å². The summed E-state index contributed by atoms with van der Waals surface area (Å²) in [5.74, 6) is -7.11. The Balaban J connectivity index is 0.000000260. The first kappa shape index (κ1) is 38.4. The molecule has 0 spiro atoms. The van der Waals surface area contributed by atoms with Crippen LogP contribution in [0.25, 0.3) is 0 Å². The molecule has 2 amide bonds. The summed E-state index contributed by atoms with van der Waals surface area (Å²) in [5.41, 5.74) is -0.542. The SMILES string of the molecule is CC1=CCC(C(=O)Nc2cc(C(F)(F)F)ccc2Cl)C(C(=O)O)C1.CC1=CCC(C(=O)O)C(C(=O)Nc2cc(C(F)(F)F)ccc2Cl)C1. The van der Waals surface area contributed by atoms with Gasteiger partial charge in [0, 0.05) is 0 Å². The highest BCUT2D eigenvalue weighted by molar-refractivity contribution is 6.34. The first-order valence-electron chi connectivity index (χ1n) is 14.3. The van der Waals surface area contributed by atoms with Crippen molar-refractivity contribution in [1.29, 1.82) is 0 Å². The first-order chi connectivity index (χ1) is 22.2. The Morgan fingerprint density at radius 2 is 1.02 bits per heavy atom. The summed E-state index contributed by atoms with van der Waals surface area (Å²) in [4.78, 5) is 47.4. The molecule has 48 heavy (non-hydrogen) atoms. The van der Waals surface area contributed by atoms with Gasteiger partial charge in [0.1, 0.15) is 0 Å². The topological polar surface area (TPSA) is 133 Å². The van der Waals surface area contributed by atoms with Gasteiger partial charge in [-0.15, -0.1) is 0 Å². The largest absolute Gasteiger partial charge is 0.481 e. The highest BCUT2D eigenvalue weighted by Crippen LogP contribution is 2.37. The highest BCUT2D eigenvalue weighted by atomic mass is 35.5. The molecule has 2 aromatic rings. The molecule has 260 valence electrons. The Labute approximate surface area is 280 Å². The van der Waals surface area contributed by atoms with E-state index in [1.807, 2.05) is 0 Å². The van der Waals surface area contributed by atoms with Crippen molar-refractivity contribution in [2.45, 2.75) is 51.9 Å². The molecule has 0 saturated carbocycles. The lowest BCUT2D eigenvalue weighted by Crippen LogP contribution is -2.35.